The van der Waals surface area contributed by atoms with Crippen LogP contribution in [0.5, 0.6) is 11.5 Å². The van der Waals surface area contributed by atoms with Crippen molar-refractivity contribution in [2.24, 2.45) is 4.76 Å². The summed E-state index contributed by atoms with van der Waals surface area (Å²) in [6.45, 7) is 0. The molecule has 0 bridgehead atoms. The van der Waals surface area contributed by atoms with Crippen LogP contribution in [0.2, 0.25) is 10.0 Å². The molecule has 1 aliphatic rings. The molecule has 1 aromatic rings. The van der Waals surface area contributed by atoms with Crippen LogP contribution in [-0.4, -0.2) is 8.96 Å². The fraction of sp³-hybridized carbons (Fsp3) is 0.125. The molecule has 112 valence electrons. The predicted octanol–water partition coefficient (Wildman–Crippen LogP) is 7.38. The van der Waals surface area contributed by atoms with Gasteiger partial charge in [0.25, 0.3) is 0 Å². The van der Waals surface area contributed by atoms with E-state index in [2.05, 4.69) is 4.76 Å². The van der Waals surface area contributed by atoms with Crippen LogP contribution >= 0.6 is 98.0 Å². The van der Waals surface area contributed by atoms with Crippen molar-refractivity contribution in [3.05, 3.63) is 22.2 Å². The van der Waals surface area contributed by atoms with E-state index < -0.39 is 14.9 Å². The number of hydrogen-bond acceptors (Lipinski definition) is 3. The first-order valence-electron chi connectivity index (χ1n) is 4.57. The topological polar surface area (TPSA) is 30.8 Å². The molecule has 20 heavy (non-hydrogen) atoms. The van der Waals surface area contributed by atoms with Crippen LogP contribution in [0.15, 0.2) is 16.9 Å². The van der Waals surface area contributed by atoms with Crippen molar-refractivity contribution in [1.82, 2.24) is 0 Å². The van der Waals surface area contributed by atoms with Crippen molar-refractivity contribution in [3.63, 3.8) is 0 Å². The van der Waals surface area contributed by atoms with Crippen molar-refractivity contribution < 1.29 is 9.05 Å². The van der Waals surface area contributed by atoms with Crippen LogP contribution in [0.3, 0.4) is 0 Å². The third-order valence-electron chi connectivity index (χ3n) is 1.96. The SMILES string of the molecule is Cl/C(=N/P1(Cl)(Cl)Oc2cc(Cl)c(Cl)cc2O1)C(Cl)(Cl)Cl. The van der Waals surface area contributed by atoms with Gasteiger partial charge in [-0.15, -0.1) is 0 Å². The summed E-state index contributed by atoms with van der Waals surface area (Å²) in [4.78, 5) is 0. The number of hydrogen-bond donors (Lipinski definition) is 0. The molecule has 0 unspecified atom stereocenters. The molecule has 0 aliphatic carbocycles. The van der Waals surface area contributed by atoms with E-state index in [0.717, 1.165) is 0 Å². The van der Waals surface area contributed by atoms with E-state index in [-0.39, 0.29) is 21.5 Å². The van der Waals surface area contributed by atoms with Crippen molar-refractivity contribution in [2.45, 2.75) is 3.79 Å². The molecule has 12 heteroatoms. The Morgan fingerprint density at radius 2 is 1.40 bits per heavy atom. The maximum absolute atomic E-state index is 6.11. The summed E-state index contributed by atoms with van der Waals surface area (Å²) in [5.74, 6) is -4.26. The Morgan fingerprint density at radius 3 is 1.75 bits per heavy atom. The van der Waals surface area contributed by atoms with Crippen LogP contribution in [0.4, 0.5) is 0 Å². The van der Waals surface area contributed by atoms with Gasteiger partial charge in [-0.2, -0.15) is 0 Å². The summed E-state index contributed by atoms with van der Waals surface area (Å²) in [5.41, 5.74) is 0. The molecule has 0 fully saturated rings. The van der Waals surface area contributed by atoms with Crippen LogP contribution in [0.25, 0.3) is 0 Å². The average molecular weight is 459 g/mol. The van der Waals surface area contributed by atoms with Gasteiger partial charge in [0.05, 0.1) is 0 Å². The van der Waals surface area contributed by atoms with Gasteiger partial charge < -0.3 is 0 Å². The maximum atomic E-state index is 6.11. The van der Waals surface area contributed by atoms with Crippen molar-refractivity contribution >= 4 is 103 Å². The zero-order chi connectivity index (χ0) is 15.4. The molecule has 0 spiro atoms. The van der Waals surface area contributed by atoms with Crippen LogP contribution in [-0.2, 0) is 0 Å². The van der Waals surface area contributed by atoms with E-state index in [1.807, 2.05) is 0 Å². The molecule has 0 saturated carbocycles. The average Bonchev–Trinajstić information content (AvgIpc) is 2.48. The number of rotatable bonds is 1. The number of fused-ring (bicyclic) bond motifs is 1. The molecular formula is C8H2Cl8NO2P. The fourth-order valence-electron chi connectivity index (χ4n) is 1.22. The molecule has 1 heterocycles. The normalized spacial score (nSPS) is 22.2. The quantitative estimate of drug-likeness (QED) is 0.250. The Labute approximate surface area is 153 Å². The van der Waals surface area contributed by atoms with E-state index in [1.165, 1.54) is 12.1 Å². The summed E-state index contributed by atoms with van der Waals surface area (Å²) >= 11 is 46.3. The molecule has 0 radical (unpaired) electrons. The third-order valence-corrected chi connectivity index (χ3v) is 6.77. The molecule has 0 aromatic heterocycles. The molecule has 2 rings (SSSR count). The second-order valence-electron chi connectivity index (χ2n) is 3.51. The Kier molecular flexibility index (Phi) is 4.75. The standard InChI is InChI=1S/C8H2Cl8NO2P/c9-3-1-5-6(2-4(3)10)19-20(15,16,18-5)17-7(11)8(12,13)14/h1-2H/b17-7+. The molecule has 0 amide bonds. The van der Waals surface area contributed by atoms with Crippen molar-refractivity contribution in [3.8, 4) is 11.5 Å². The fourth-order valence-corrected chi connectivity index (χ4v) is 5.29. The Bertz CT molecular complexity index is 578. The van der Waals surface area contributed by atoms with Crippen LogP contribution in [0, 0.1) is 0 Å². The van der Waals surface area contributed by atoms with Gasteiger partial charge in [0.15, 0.2) is 0 Å². The molecule has 3 nitrogen and oxygen atoms in total. The van der Waals surface area contributed by atoms with E-state index in [9.17, 15) is 0 Å². The molecule has 0 atom stereocenters. The zero-order valence-corrected chi connectivity index (χ0v) is 15.8. The van der Waals surface area contributed by atoms with Gasteiger partial charge in [-0.25, -0.2) is 0 Å². The number of nitrogens with zero attached hydrogens (tertiary/aromatic N) is 1. The summed E-state index contributed by atoms with van der Waals surface area (Å²) < 4.78 is 12.3. The minimum atomic E-state index is -4.56. The van der Waals surface area contributed by atoms with E-state index >= 15 is 0 Å². The van der Waals surface area contributed by atoms with Gasteiger partial charge in [0.1, 0.15) is 0 Å². The first-order chi connectivity index (χ1) is 8.89. The third kappa shape index (κ3) is 3.76. The van der Waals surface area contributed by atoms with Gasteiger partial charge in [-0.05, 0) is 0 Å². The second kappa shape index (κ2) is 5.40. The molecule has 0 saturated heterocycles. The molecule has 0 N–H and O–H groups in total. The minimum absolute atomic E-state index is 0.152. The molecule has 1 aromatic carbocycles. The van der Waals surface area contributed by atoms with Gasteiger partial charge in [0, 0.05) is 0 Å². The predicted molar refractivity (Wildman–Crippen MR) is 89.9 cm³/mol. The van der Waals surface area contributed by atoms with Gasteiger partial charge in [-0.1, -0.05) is 0 Å². The Balaban J connectivity index is 2.45. The first kappa shape index (κ1) is 17.6. The first-order valence-corrected chi connectivity index (χ1v) is 10.7. The number of alkyl halides is 3. The van der Waals surface area contributed by atoms with Crippen LogP contribution < -0.4 is 9.05 Å². The van der Waals surface area contributed by atoms with E-state index in [1.54, 1.807) is 0 Å². The van der Waals surface area contributed by atoms with Gasteiger partial charge in [-0.3, -0.25) is 0 Å². The van der Waals surface area contributed by atoms with E-state index in [4.69, 9.17) is 101 Å². The molecular weight excluding hydrogens is 457 g/mol. The Morgan fingerprint density at radius 1 is 1.00 bits per heavy atom. The van der Waals surface area contributed by atoms with Gasteiger partial charge >= 0.3 is 154 Å². The van der Waals surface area contributed by atoms with Crippen molar-refractivity contribution in [2.75, 3.05) is 0 Å². The van der Waals surface area contributed by atoms with Crippen molar-refractivity contribution in [1.29, 1.82) is 0 Å². The summed E-state index contributed by atoms with van der Waals surface area (Å²) in [6, 6.07) is 2.74. The summed E-state index contributed by atoms with van der Waals surface area (Å²) in [6.07, 6.45) is 0. The van der Waals surface area contributed by atoms with Crippen LogP contribution in [0.1, 0.15) is 0 Å². The second-order valence-corrected chi connectivity index (χ2v) is 13.1. The van der Waals surface area contributed by atoms with Gasteiger partial charge in [0.2, 0.25) is 0 Å². The number of benzene rings is 1. The van der Waals surface area contributed by atoms with E-state index in [0.29, 0.717) is 0 Å². The Hall–Kier alpha value is 1.24. The summed E-state index contributed by atoms with van der Waals surface area (Å²) in [5, 5.41) is -0.0615. The zero-order valence-electron chi connectivity index (χ0n) is 8.89. The summed E-state index contributed by atoms with van der Waals surface area (Å²) in [7, 11) is 0. The molecule has 1 aliphatic heterocycles. The monoisotopic (exact) mass is 455 g/mol. The number of halogens is 8.